The Balaban J connectivity index is 1.56. The smallest absolute Gasteiger partial charge is 0.199 e. The molecule has 0 aromatic heterocycles. The Kier molecular flexibility index (Phi) is 7.72. The lowest BCUT2D eigenvalue weighted by atomic mass is 9.86. The summed E-state index contributed by atoms with van der Waals surface area (Å²) in [4.78, 5) is 0. The van der Waals surface area contributed by atoms with Crippen LogP contribution in [-0.2, 0) is 4.74 Å². The molecule has 36 heavy (non-hydrogen) atoms. The number of hydrogen-bond donors (Lipinski definition) is 0. The van der Waals surface area contributed by atoms with Crippen LogP contribution in [0.3, 0.4) is 0 Å². The molecule has 0 saturated carbocycles. The van der Waals surface area contributed by atoms with Crippen molar-refractivity contribution in [3.8, 4) is 11.5 Å². The van der Waals surface area contributed by atoms with Gasteiger partial charge < -0.3 is 14.2 Å². The fourth-order valence-corrected chi connectivity index (χ4v) is 5.00. The molecule has 1 saturated heterocycles. The molecule has 5 rings (SSSR count). The zero-order valence-electron chi connectivity index (χ0n) is 20.0. The molecule has 0 radical (unpaired) electrons. The summed E-state index contributed by atoms with van der Waals surface area (Å²) in [6.07, 6.45) is 6.33. The van der Waals surface area contributed by atoms with E-state index >= 15 is 0 Å². The number of ether oxygens (including phenoxy) is 3. The van der Waals surface area contributed by atoms with Crippen LogP contribution in [0.1, 0.15) is 54.5 Å². The minimum absolute atomic E-state index is 0.262. The van der Waals surface area contributed by atoms with Crippen LogP contribution in [0.2, 0.25) is 0 Å². The van der Waals surface area contributed by atoms with Crippen LogP contribution >= 0.6 is 22.6 Å². The zero-order valence-corrected chi connectivity index (χ0v) is 22.1. The van der Waals surface area contributed by atoms with E-state index in [4.69, 9.17) is 14.2 Å². The van der Waals surface area contributed by atoms with Crippen LogP contribution in [0.4, 0.5) is 8.78 Å². The van der Waals surface area contributed by atoms with Crippen LogP contribution in [0, 0.1) is 11.6 Å². The summed E-state index contributed by atoms with van der Waals surface area (Å²) in [6.45, 7) is 2.67. The van der Waals surface area contributed by atoms with E-state index in [9.17, 15) is 8.78 Å². The summed E-state index contributed by atoms with van der Waals surface area (Å²) < 4.78 is 47.7. The average Bonchev–Trinajstić information content (AvgIpc) is 2.87. The zero-order chi connectivity index (χ0) is 25.1. The molecule has 2 aliphatic heterocycles. The predicted molar refractivity (Wildman–Crippen MR) is 147 cm³/mol. The van der Waals surface area contributed by atoms with Crippen molar-refractivity contribution in [1.29, 1.82) is 0 Å². The summed E-state index contributed by atoms with van der Waals surface area (Å²) in [6, 6.07) is 17.4. The summed E-state index contributed by atoms with van der Waals surface area (Å²) in [7, 11) is 0. The number of allylic oxidation sites excluding steroid dienone is 2. The van der Waals surface area contributed by atoms with Gasteiger partial charge in [0.2, 0.25) is 0 Å². The molecule has 2 unspecified atom stereocenters. The Morgan fingerprint density at radius 2 is 1.78 bits per heavy atom. The molecule has 0 amide bonds. The first-order chi connectivity index (χ1) is 17.5. The maximum Gasteiger partial charge on any atom is 0.199 e. The molecule has 6 heteroatoms. The van der Waals surface area contributed by atoms with Gasteiger partial charge in [0.15, 0.2) is 6.29 Å². The van der Waals surface area contributed by atoms with Gasteiger partial charge in [-0.2, -0.15) is 0 Å². The van der Waals surface area contributed by atoms with Crippen molar-refractivity contribution in [2.75, 3.05) is 11.0 Å². The molecule has 0 N–H and O–H groups in total. The van der Waals surface area contributed by atoms with Crippen molar-refractivity contribution in [2.24, 2.45) is 0 Å². The van der Waals surface area contributed by atoms with Crippen LogP contribution in [0.25, 0.3) is 17.2 Å². The Bertz CT molecular complexity index is 1270. The lowest BCUT2D eigenvalue weighted by Crippen LogP contribution is -2.25. The molecule has 0 bridgehead atoms. The lowest BCUT2D eigenvalue weighted by molar-refractivity contribution is -0.105. The van der Waals surface area contributed by atoms with Gasteiger partial charge in [-0.3, -0.25) is 0 Å². The molecule has 3 nitrogen and oxygen atoms in total. The highest BCUT2D eigenvalue weighted by Crippen LogP contribution is 2.47. The first-order valence-corrected chi connectivity index (χ1v) is 13.6. The van der Waals surface area contributed by atoms with Gasteiger partial charge in [0.1, 0.15) is 29.2 Å². The number of alkyl halides is 1. The number of benzene rings is 3. The second kappa shape index (κ2) is 11.1. The number of fused-ring (bicyclic) bond motifs is 1. The monoisotopic (exact) mass is 600 g/mol. The van der Waals surface area contributed by atoms with Crippen LogP contribution in [0.15, 0.2) is 66.7 Å². The summed E-state index contributed by atoms with van der Waals surface area (Å²) >= 11 is 2.30. The van der Waals surface area contributed by atoms with Gasteiger partial charge in [0.05, 0.1) is 6.61 Å². The standard InChI is InChI=1S/C30H27F2IO3/c1-19-26-12-11-25(35-28-6-2-3-14-34-28)18-27(26)36-30(21-9-7-20(8-10-21)5-4-13-33)29(19)22-15-23(31)17-24(32)16-22/h4-5,7-12,15-18,28,30H,2-3,6,13-14H2,1H3/b5-4+. The Hall–Kier alpha value is -2.71. The SMILES string of the molecule is CC1=C(c2cc(F)cc(F)c2)C(c2ccc(/C=C/CI)cc2)Oc2cc(OC3CCCCO3)ccc21. The highest BCUT2D eigenvalue weighted by molar-refractivity contribution is 14.1. The van der Waals surface area contributed by atoms with Crippen LogP contribution < -0.4 is 9.47 Å². The predicted octanol–water partition coefficient (Wildman–Crippen LogP) is 8.38. The Morgan fingerprint density at radius 1 is 1.00 bits per heavy atom. The molecule has 1 fully saturated rings. The normalized spacial score (nSPS) is 19.8. The van der Waals surface area contributed by atoms with Gasteiger partial charge in [0.25, 0.3) is 0 Å². The first-order valence-electron chi connectivity index (χ1n) is 12.1. The molecule has 2 aliphatic rings. The quantitative estimate of drug-likeness (QED) is 0.210. The summed E-state index contributed by atoms with van der Waals surface area (Å²) in [5.41, 5.74) is 4.94. The van der Waals surface area contributed by atoms with E-state index in [0.29, 0.717) is 23.7 Å². The van der Waals surface area contributed by atoms with Crippen LogP contribution in [-0.4, -0.2) is 17.3 Å². The fraction of sp³-hybridized carbons (Fsp3) is 0.267. The molecule has 0 spiro atoms. The molecule has 3 aromatic rings. The van der Waals surface area contributed by atoms with Gasteiger partial charge in [-0.25, -0.2) is 8.78 Å². The van der Waals surface area contributed by atoms with Crippen molar-refractivity contribution in [2.45, 2.75) is 38.6 Å². The van der Waals surface area contributed by atoms with Crippen molar-refractivity contribution >= 4 is 39.8 Å². The third-order valence-electron chi connectivity index (χ3n) is 6.49. The third-order valence-corrected chi connectivity index (χ3v) is 6.99. The van der Waals surface area contributed by atoms with Gasteiger partial charge in [0, 0.05) is 34.1 Å². The third kappa shape index (κ3) is 5.49. The van der Waals surface area contributed by atoms with Crippen molar-refractivity contribution in [1.82, 2.24) is 0 Å². The Labute approximate surface area is 223 Å². The number of halogens is 3. The van der Waals surface area contributed by atoms with E-state index in [0.717, 1.165) is 57.6 Å². The van der Waals surface area contributed by atoms with E-state index in [1.807, 2.05) is 49.4 Å². The Morgan fingerprint density at radius 3 is 2.47 bits per heavy atom. The van der Waals surface area contributed by atoms with E-state index in [1.165, 1.54) is 12.1 Å². The first kappa shape index (κ1) is 25.0. The maximum atomic E-state index is 14.2. The topological polar surface area (TPSA) is 27.7 Å². The van der Waals surface area contributed by atoms with Crippen molar-refractivity contribution < 1.29 is 23.0 Å². The maximum absolute atomic E-state index is 14.2. The van der Waals surface area contributed by atoms with E-state index < -0.39 is 17.7 Å². The summed E-state index contributed by atoms with van der Waals surface area (Å²) in [5, 5.41) is 0. The van der Waals surface area contributed by atoms with E-state index in [-0.39, 0.29) is 6.29 Å². The van der Waals surface area contributed by atoms with Gasteiger partial charge in [-0.1, -0.05) is 59.0 Å². The molecule has 3 aromatic carbocycles. The average molecular weight is 600 g/mol. The van der Waals surface area contributed by atoms with E-state index in [2.05, 4.69) is 34.7 Å². The largest absolute Gasteiger partial charge is 0.480 e. The van der Waals surface area contributed by atoms with Crippen LogP contribution in [0.5, 0.6) is 11.5 Å². The molecule has 2 heterocycles. The summed E-state index contributed by atoms with van der Waals surface area (Å²) in [5.74, 6) is 0.0998. The molecule has 2 atom stereocenters. The molecule has 186 valence electrons. The highest BCUT2D eigenvalue weighted by atomic mass is 127. The van der Waals surface area contributed by atoms with Crippen molar-refractivity contribution in [3.63, 3.8) is 0 Å². The van der Waals surface area contributed by atoms with Gasteiger partial charge in [-0.05, 0) is 66.3 Å². The van der Waals surface area contributed by atoms with E-state index in [1.54, 1.807) is 0 Å². The minimum atomic E-state index is -0.620. The lowest BCUT2D eigenvalue weighted by Gasteiger charge is -2.32. The van der Waals surface area contributed by atoms with Gasteiger partial charge in [-0.15, -0.1) is 0 Å². The van der Waals surface area contributed by atoms with Gasteiger partial charge >= 0.3 is 0 Å². The molecule has 0 aliphatic carbocycles. The van der Waals surface area contributed by atoms with Crippen molar-refractivity contribution in [3.05, 3.63) is 101 Å². The number of rotatable bonds is 6. The molecular weight excluding hydrogens is 573 g/mol. The highest BCUT2D eigenvalue weighted by Gasteiger charge is 2.30. The minimum Gasteiger partial charge on any atom is -0.480 e. The molecular formula is C30H27F2IO3. The second-order valence-corrected chi connectivity index (χ2v) is 9.87. The number of hydrogen-bond acceptors (Lipinski definition) is 3. The fourth-order valence-electron chi connectivity index (χ4n) is 4.74. The second-order valence-electron chi connectivity index (χ2n) is 8.99.